The third-order valence-corrected chi connectivity index (χ3v) is 4.19. The van der Waals surface area contributed by atoms with Crippen molar-refractivity contribution in [1.29, 1.82) is 0 Å². The Labute approximate surface area is 152 Å². The van der Waals surface area contributed by atoms with Gasteiger partial charge in [0.1, 0.15) is 0 Å². The van der Waals surface area contributed by atoms with E-state index in [0.717, 1.165) is 5.56 Å². The van der Waals surface area contributed by atoms with Gasteiger partial charge in [0.25, 0.3) is 5.91 Å². The maximum atomic E-state index is 12.6. The Morgan fingerprint density at radius 3 is 2.48 bits per heavy atom. The molecule has 0 radical (unpaired) electrons. The molecule has 2 atom stereocenters. The molecule has 0 saturated heterocycles. The predicted octanol–water partition coefficient (Wildman–Crippen LogP) is 3.36. The Kier molecular flexibility index (Phi) is 6.56. The van der Waals surface area contributed by atoms with Crippen molar-refractivity contribution in [2.45, 2.75) is 19.9 Å². The Morgan fingerprint density at radius 2 is 1.84 bits per heavy atom. The summed E-state index contributed by atoms with van der Waals surface area (Å²) in [4.78, 5) is 24.8. The lowest BCUT2D eigenvalue weighted by molar-refractivity contribution is -0.120. The Morgan fingerprint density at radius 1 is 1.16 bits per heavy atom. The minimum Gasteiger partial charge on any atom is -0.352 e. The summed E-state index contributed by atoms with van der Waals surface area (Å²) < 4.78 is 0. The number of anilines is 1. The van der Waals surface area contributed by atoms with Crippen LogP contribution in [0.4, 0.5) is 5.69 Å². The van der Waals surface area contributed by atoms with E-state index in [1.54, 1.807) is 19.1 Å². The molecule has 0 spiro atoms. The molecule has 4 N–H and O–H groups in total. The van der Waals surface area contributed by atoms with E-state index in [-0.39, 0.29) is 11.8 Å². The van der Waals surface area contributed by atoms with Gasteiger partial charge in [-0.3, -0.25) is 9.59 Å². The van der Waals surface area contributed by atoms with Crippen molar-refractivity contribution >= 4 is 29.1 Å². The molecule has 132 valence electrons. The van der Waals surface area contributed by atoms with Gasteiger partial charge >= 0.3 is 0 Å². The highest BCUT2D eigenvalue weighted by Crippen LogP contribution is 2.24. The van der Waals surface area contributed by atoms with E-state index in [2.05, 4.69) is 10.6 Å². The van der Waals surface area contributed by atoms with Crippen LogP contribution in [0.15, 0.2) is 48.5 Å². The van der Waals surface area contributed by atoms with Crippen molar-refractivity contribution < 1.29 is 9.59 Å². The summed E-state index contributed by atoms with van der Waals surface area (Å²) in [5, 5.41) is 5.92. The largest absolute Gasteiger partial charge is 0.352 e. The molecule has 0 aliphatic rings. The molecule has 0 aromatic heterocycles. The number of hydrogen-bond donors (Lipinski definition) is 3. The maximum Gasteiger partial charge on any atom is 0.253 e. The van der Waals surface area contributed by atoms with E-state index in [0.29, 0.717) is 22.8 Å². The molecule has 0 fully saturated rings. The van der Waals surface area contributed by atoms with Gasteiger partial charge in [-0.2, -0.15) is 0 Å². The van der Waals surface area contributed by atoms with Crippen LogP contribution >= 0.6 is 11.6 Å². The number of nitrogens with one attached hydrogen (secondary N) is 2. The van der Waals surface area contributed by atoms with Gasteiger partial charge in [0, 0.05) is 17.6 Å². The van der Waals surface area contributed by atoms with Crippen molar-refractivity contribution in [3.63, 3.8) is 0 Å². The standard InChI is InChI=1S/C19H22ClN3O2/c1-3-22-19(25)15-11-14(20)9-10-16(15)23-18(24)12(2)17(21)13-7-5-4-6-8-13/h4-12,17H,3,21H2,1-2H3,(H,22,25)(H,23,24). The number of benzene rings is 2. The molecule has 0 aliphatic carbocycles. The average Bonchev–Trinajstić information content (AvgIpc) is 2.62. The number of carbonyl (C=O) groups excluding carboxylic acids is 2. The van der Waals surface area contributed by atoms with Crippen LogP contribution in [-0.2, 0) is 4.79 Å². The van der Waals surface area contributed by atoms with Gasteiger partial charge in [-0.1, -0.05) is 48.9 Å². The summed E-state index contributed by atoms with van der Waals surface area (Å²) in [7, 11) is 0. The Hall–Kier alpha value is -2.37. The Bertz CT molecular complexity index is 750. The monoisotopic (exact) mass is 359 g/mol. The summed E-state index contributed by atoms with van der Waals surface area (Å²) in [6.07, 6.45) is 0. The maximum absolute atomic E-state index is 12.6. The third-order valence-electron chi connectivity index (χ3n) is 3.96. The van der Waals surface area contributed by atoms with E-state index in [4.69, 9.17) is 17.3 Å². The van der Waals surface area contributed by atoms with Gasteiger partial charge in [-0.05, 0) is 30.7 Å². The molecule has 0 bridgehead atoms. The average molecular weight is 360 g/mol. The van der Waals surface area contributed by atoms with Crippen LogP contribution in [0.2, 0.25) is 5.02 Å². The van der Waals surface area contributed by atoms with Crippen LogP contribution in [0.1, 0.15) is 35.8 Å². The number of carbonyl (C=O) groups is 2. The summed E-state index contributed by atoms with van der Waals surface area (Å²) in [6.45, 7) is 4.06. The predicted molar refractivity (Wildman–Crippen MR) is 101 cm³/mol. The number of amides is 2. The summed E-state index contributed by atoms with van der Waals surface area (Å²) >= 11 is 5.98. The molecule has 0 aliphatic heterocycles. The Balaban J connectivity index is 2.18. The van der Waals surface area contributed by atoms with Crippen LogP contribution in [-0.4, -0.2) is 18.4 Å². The van der Waals surface area contributed by atoms with Gasteiger partial charge in [0.05, 0.1) is 17.2 Å². The molecular weight excluding hydrogens is 338 g/mol. The smallest absolute Gasteiger partial charge is 0.253 e. The van der Waals surface area contributed by atoms with Gasteiger partial charge in [-0.15, -0.1) is 0 Å². The molecule has 2 unspecified atom stereocenters. The molecule has 6 heteroatoms. The van der Waals surface area contributed by atoms with Gasteiger partial charge in [0.2, 0.25) is 5.91 Å². The van der Waals surface area contributed by atoms with Crippen LogP contribution in [0.25, 0.3) is 0 Å². The SMILES string of the molecule is CCNC(=O)c1cc(Cl)ccc1NC(=O)C(C)C(N)c1ccccc1. The van der Waals surface area contributed by atoms with Crippen LogP contribution in [0.3, 0.4) is 0 Å². The molecule has 2 aromatic rings. The molecular formula is C19H22ClN3O2. The number of halogens is 1. The topological polar surface area (TPSA) is 84.2 Å². The van der Waals surface area contributed by atoms with Crippen molar-refractivity contribution in [3.05, 3.63) is 64.7 Å². The fraction of sp³-hybridized carbons (Fsp3) is 0.263. The zero-order valence-electron chi connectivity index (χ0n) is 14.3. The van der Waals surface area contributed by atoms with Crippen molar-refractivity contribution in [1.82, 2.24) is 5.32 Å². The van der Waals surface area contributed by atoms with Crippen LogP contribution in [0, 0.1) is 5.92 Å². The minimum absolute atomic E-state index is 0.260. The fourth-order valence-corrected chi connectivity index (χ4v) is 2.61. The van der Waals surface area contributed by atoms with E-state index < -0.39 is 12.0 Å². The van der Waals surface area contributed by atoms with Gasteiger partial charge in [0.15, 0.2) is 0 Å². The first-order valence-electron chi connectivity index (χ1n) is 8.13. The number of rotatable bonds is 6. The highest BCUT2D eigenvalue weighted by molar-refractivity contribution is 6.31. The highest BCUT2D eigenvalue weighted by Gasteiger charge is 2.23. The second kappa shape index (κ2) is 8.65. The quantitative estimate of drug-likeness (QED) is 0.739. The number of hydrogen-bond acceptors (Lipinski definition) is 3. The molecule has 5 nitrogen and oxygen atoms in total. The first-order chi connectivity index (χ1) is 11.9. The molecule has 0 saturated carbocycles. The van der Waals surface area contributed by atoms with Crippen LogP contribution < -0.4 is 16.4 Å². The first kappa shape index (κ1) is 19.0. The lowest BCUT2D eigenvalue weighted by atomic mass is 9.94. The van der Waals surface area contributed by atoms with Crippen LogP contribution in [0.5, 0.6) is 0 Å². The van der Waals surface area contributed by atoms with Gasteiger partial charge < -0.3 is 16.4 Å². The first-order valence-corrected chi connectivity index (χ1v) is 8.51. The minimum atomic E-state index is -0.472. The summed E-state index contributed by atoms with van der Waals surface area (Å²) in [5.74, 6) is -1.02. The highest BCUT2D eigenvalue weighted by atomic mass is 35.5. The second-order valence-electron chi connectivity index (χ2n) is 5.76. The molecule has 0 heterocycles. The zero-order valence-corrected chi connectivity index (χ0v) is 15.0. The number of nitrogens with two attached hydrogens (primary N) is 1. The lowest BCUT2D eigenvalue weighted by Crippen LogP contribution is -2.31. The van der Waals surface area contributed by atoms with E-state index in [9.17, 15) is 9.59 Å². The van der Waals surface area contributed by atoms with Crippen molar-refractivity contribution in [2.75, 3.05) is 11.9 Å². The lowest BCUT2D eigenvalue weighted by Gasteiger charge is -2.20. The molecule has 25 heavy (non-hydrogen) atoms. The normalized spacial score (nSPS) is 13.0. The second-order valence-corrected chi connectivity index (χ2v) is 6.20. The summed E-state index contributed by atoms with van der Waals surface area (Å²) in [6, 6.07) is 13.8. The fourth-order valence-electron chi connectivity index (χ4n) is 2.44. The molecule has 2 amide bonds. The zero-order chi connectivity index (χ0) is 18.4. The molecule has 2 aromatic carbocycles. The van der Waals surface area contributed by atoms with Gasteiger partial charge in [-0.25, -0.2) is 0 Å². The third kappa shape index (κ3) is 4.81. The molecule has 2 rings (SSSR count). The van der Waals surface area contributed by atoms with E-state index >= 15 is 0 Å². The van der Waals surface area contributed by atoms with E-state index in [1.165, 1.54) is 6.07 Å². The van der Waals surface area contributed by atoms with Crippen molar-refractivity contribution in [2.24, 2.45) is 11.7 Å². The van der Waals surface area contributed by atoms with Crippen molar-refractivity contribution in [3.8, 4) is 0 Å². The summed E-state index contributed by atoms with van der Waals surface area (Å²) in [5.41, 5.74) is 7.81. The van der Waals surface area contributed by atoms with E-state index in [1.807, 2.05) is 37.3 Å².